The maximum absolute atomic E-state index is 12.1. The molecule has 0 saturated carbocycles. The van der Waals surface area contributed by atoms with E-state index in [0.717, 1.165) is 5.82 Å². The first kappa shape index (κ1) is 10.7. The number of hydrogen-bond donors (Lipinski definition) is 0. The average molecular weight is 244 g/mol. The van der Waals surface area contributed by atoms with Crippen LogP contribution >= 0.6 is 0 Å². The Hall–Kier alpha value is -2.44. The largest absolute Gasteiger partial charge is 0.350 e. The van der Waals surface area contributed by atoms with E-state index in [1.807, 2.05) is 24.6 Å². The first-order valence-corrected chi connectivity index (χ1v) is 5.56. The highest BCUT2D eigenvalue weighted by molar-refractivity contribution is 5.35. The summed E-state index contributed by atoms with van der Waals surface area (Å²) in [6.45, 7) is 2.18. The molecule has 0 N–H and O–H groups in total. The molecule has 0 saturated heterocycles. The quantitative estimate of drug-likeness (QED) is 0.635. The summed E-state index contributed by atoms with van der Waals surface area (Å²) in [5, 5.41) is 12.2. The number of aromatic nitrogens is 6. The zero-order valence-electron chi connectivity index (χ0n) is 10.1. The van der Waals surface area contributed by atoms with Crippen molar-refractivity contribution in [1.29, 1.82) is 0 Å². The van der Waals surface area contributed by atoms with Crippen LogP contribution in [0.15, 0.2) is 29.2 Å². The molecule has 3 rings (SSSR count). The lowest BCUT2D eigenvalue weighted by Gasteiger charge is -1.99. The molecule has 0 aliphatic rings. The number of nitrogens with zero attached hydrogens (tertiary/aromatic N) is 6. The van der Waals surface area contributed by atoms with Crippen LogP contribution < -0.4 is 5.69 Å². The molecule has 0 unspecified atom stereocenters. The zero-order valence-corrected chi connectivity index (χ0v) is 10.1. The fourth-order valence-electron chi connectivity index (χ4n) is 1.79. The van der Waals surface area contributed by atoms with Crippen LogP contribution in [0.4, 0.5) is 0 Å². The van der Waals surface area contributed by atoms with Gasteiger partial charge in [-0.1, -0.05) is 6.07 Å². The van der Waals surface area contributed by atoms with Crippen LogP contribution in [0.2, 0.25) is 0 Å². The minimum atomic E-state index is -0.175. The highest BCUT2D eigenvalue weighted by atomic mass is 16.2. The predicted octanol–water partition coefficient (Wildman–Crippen LogP) is -0.0188. The maximum Gasteiger partial charge on any atom is 0.350 e. The number of aryl methyl sites for hydroxylation is 1. The van der Waals surface area contributed by atoms with E-state index in [1.54, 1.807) is 18.3 Å². The van der Waals surface area contributed by atoms with Gasteiger partial charge in [0.2, 0.25) is 0 Å². The SMILES string of the molecule is Cc1nnc(Cn2nc3ccccn3c2=O)n1C. The molecular weight excluding hydrogens is 232 g/mol. The second-order valence-electron chi connectivity index (χ2n) is 4.09. The molecule has 3 aromatic rings. The summed E-state index contributed by atoms with van der Waals surface area (Å²) in [6, 6.07) is 5.44. The van der Waals surface area contributed by atoms with Gasteiger partial charge in [-0.25, -0.2) is 9.48 Å². The maximum atomic E-state index is 12.1. The summed E-state index contributed by atoms with van der Waals surface area (Å²) >= 11 is 0. The lowest BCUT2D eigenvalue weighted by molar-refractivity contribution is 0.607. The second-order valence-corrected chi connectivity index (χ2v) is 4.09. The molecule has 0 spiro atoms. The standard InChI is InChI=1S/C11H12N6O/c1-8-12-13-10(15(8)2)7-17-11(18)16-6-4-3-5-9(16)14-17/h3-6H,7H2,1-2H3. The zero-order chi connectivity index (χ0) is 12.7. The van der Waals surface area contributed by atoms with Crippen LogP contribution in [0.3, 0.4) is 0 Å². The monoisotopic (exact) mass is 244 g/mol. The van der Waals surface area contributed by atoms with E-state index in [9.17, 15) is 4.79 Å². The Morgan fingerprint density at radius 1 is 1.28 bits per heavy atom. The lowest BCUT2D eigenvalue weighted by atomic mass is 10.5. The van der Waals surface area contributed by atoms with Gasteiger partial charge in [0.05, 0.1) is 0 Å². The number of hydrogen-bond acceptors (Lipinski definition) is 4. The topological polar surface area (TPSA) is 70.0 Å². The third-order valence-electron chi connectivity index (χ3n) is 2.96. The van der Waals surface area contributed by atoms with Crippen LogP contribution in [0, 0.1) is 6.92 Å². The van der Waals surface area contributed by atoms with Gasteiger partial charge in [-0.2, -0.15) is 0 Å². The summed E-state index contributed by atoms with van der Waals surface area (Å²) in [6.07, 6.45) is 1.70. The van der Waals surface area contributed by atoms with Gasteiger partial charge >= 0.3 is 5.69 Å². The number of rotatable bonds is 2. The molecule has 0 aliphatic carbocycles. The molecule has 0 fully saturated rings. The summed E-state index contributed by atoms with van der Waals surface area (Å²) in [5.74, 6) is 1.51. The van der Waals surface area contributed by atoms with Crippen molar-refractivity contribution in [1.82, 2.24) is 28.9 Å². The summed E-state index contributed by atoms with van der Waals surface area (Å²) in [7, 11) is 1.87. The third kappa shape index (κ3) is 1.52. The van der Waals surface area contributed by atoms with Crippen molar-refractivity contribution in [3.8, 4) is 0 Å². The third-order valence-corrected chi connectivity index (χ3v) is 2.96. The van der Waals surface area contributed by atoms with E-state index in [0.29, 0.717) is 18.0 Å². The van der Waals surface area contributed by atoms with E-state index in [1.165, 1.54) is 9.08 Å². The molecule has 0 aliphatic heterocycles. The van der Waals surface area contributed by atoms with Crippen molar-refractivity contribution in [2.75, 3.05) is 0 Å². The van der Waals surface area contributed by atoms with Gasteiger partial charge in [0.15, 0.2) is 11.5 Å². The first-order valence-electron chi connectivity index (χ1n) is 5.56. The Kier molecular flexibility index (Phi) is 2.26. The Labute approximate surface area is 102 Å². The van der Waals surface area contributed by atoms with E-state index in [2.05, 4.69) is 15.3 Å². The van der Waals surface area contributed by atoms with E-state index in [-0.39, 0.29) is 5.69 Å². The van der Waals surface area contributed by atoms with Crippen molar-refractivity contribution >= 4 is 5.65 Å². The highest BCUT2D eigenvalue weighted by Gasteiger charge is 2.10. The van der Waals surface area contributed by atoms with Crippen LogP contribution in [0.25, 0.3) is 5.65 Å². The molecular formula is C11H12N6O. The molecule has 92 valence electrons. The van der Waals surface area contributed by atoms with Crippen molar-refractivity contribution in [2.24, 2.45) is 7.05 Å². The van der Waals surface area contributed by atoms with Gasteiger partial charge in [0.1, 0.15) is 12.4 Å². The lowest BCUT2D eigenvalue weighted by Crippen LogP contribution is -2.23. The molecule has 0 radical (unpaired) electrons. The van der Waals surface area contributed by atoms with Gasteiger partial charge in [-0.05, 0) is 19.1 Å². The van der Waals surface area contributed by atoms with Gasteiger partial charge in [-0.15, -0.1) is 15.3 Å². The second kappa shape index (κ2) is 3.80. The van der Waals surface area contributed by atoms with E-state index >= 15 is 0 Å². The van der Waals surface area contributed by atoms with Crippen molar-refractivity contribution in [2.45, 2.75) is 13.5 Å². The van der Waals surface area contributed by atoms with Crippen LogP contribution in [0.1, 0.15) is 11.6 Å². The van der Waals surface area contributed by atoms with Crippen LogP contribution in [-0.2, 0) is 13.6 Å². The fraction of sp³-hybridized carbons (Fsp3) is 0.273. The molecule has 0 bridgehead atoms. The van der Waals surface area contributed by atoms with Crippen molar-refractivity contribution in [3.63, 3.8) is 0 Å². The molecule has 0 aromatic carbocycles. The minimum Gasteiger partial charge on any atom is -0.317 e. The van der Waals surface area contributed by atoms with Gasteiger partial charge in [-0.3, -0.25) is 4.40 Å². The first-order chi connectivity index (χ1) is 8.66. The summed E-state index contributed by atoms with van der Waals surface area (Å²) < 4.78 is 4.73. The van der Waals surface area contributed by atoms with E-state index < -0.39 is 0 Å². The molecule has 18 heavy (non-hydrogen) atoms. The summed E-state index contributed by atoms with van der Waals surface area (Å²) in [4.78, 5) is 12.1. The van der Waals surface area contributed by atoms with Gasteiger partial charge in [0, 0.05) is 13.2 Å². The number of fused-ring (bicyclic) bond motifs is 1. The Bertz CT molecular complexity index is 765. The summed E-state index contributed by atoms with van der Waals surface area (Å²) in [5.41, 5.74) is 0.452. The average Bonchev–Trinajstić information content (AvgIpc) is 2.86. The molecule has 7 nitrogen and oxygen atoms in total. The van der Waals surface area contributed by atoms with Crippen molar-refractivity contribution < 1.29 is 0 Å². The molecule has 7 heteroatoms. The van der Waals surface area contributed by atoms with Crippen LogP contribution in [0.5, 0.6) is 0 Å². The normalized spacial score (nSPS) is 11.2. The predicted molar refractivity (Wildman–Crippen MR) is 64.3 cm³/mol. The smallest absolute Gasteiger partial charge is 0.317 e. The van der Waals surface area contributed by atoms with Crippen molar-refractivity contribution in [3.05, 3.63) is 46.5 Å². The Morgan fingerprint density at radius 2 is 2.11 bits per heavy atom. The fourth-order valence-corrected chi connectivity index (χ4v) is 1.79. The van der Waals surface area contributed by atoms with Gasteiger partial charge in [0.25, 0.3) is 0 Å². The number of pyridine rings is 1. The Morgan fingerprint density at radius 3 is 2.78 bits per heavy atom. The van der Waals surface area contributed by atoms with Gasteiger partial charge < -0.3 is 4.57 Å². The minimum absolute atomic E-state index is 0.175. The molecule has 3 aromatic heterocycles. The molecule has 3 heterocycles. The highest BCUT2D eigenvalue weighted by Crippen LogP contribution is 2.00. The molecule has 0 atom stereocenters. The van der Waals surface area contributed by atoms with Crippen LogP contribution in [-0.4, -0.2) is 28.9 Å². The van der Waals surface area contributed by atoms with E-state index in [4.69, 9.17) is 0 Å². The molecule has 0 amide bonds. The Balaban J connectivity index is 2.08.